The molecule has 4 rings (SSSR count). The Balaban J connectivity index is 1.46. The number of hydrogen-bond donors (Lipinski definition) is 3. The van der Waals surface area contributed by atoms with E-state index in [0.29, 0.717) is 35.1 Å². The van der Waals surface area contributed by atoms with Crippen molar-refractivity contribution in [2.75, 3.05) is 17.2 Å². The van der Waals surface area contributed by atoms with Gasteiger partial charge in [0.1, 0.15) is 23.6 Å². The first kappa shape index (κ1) is 26.3. The van der Waals surface area contributed by atoms with Crippen molar-refractivity contribution in [3.8, 4) is 11.5 Å². The molecule has 3 aromatic carbocycles. The summed E-state index contributed by atoms with van der Waals surface area (Å²) in [4.78, 5) is 32.8. The van der Waals surface area contributed by atoms with E-state index in [1.165, 1.54) is 12.4 Å². The zero-order valence-electron chi connectivity index (χ0n) is 22.0. The summed E-state index contributed by atoms with van der Waals surface area (Å²) in [6.07, 6.45) is 2.71. The van der Waals surface area contributed by atoms with Crippen molar-refractivity contribution in [3.63, 3.8) is 0 Å². The number of anilines is 3. The van der Waals surface area contributed by atoms with Gasteiger partial charge in [0.2, 0.25) is 5.91 Å². The highest BCUT2D eigenvalue weighted by Crippen LogP contribution is 2.30. The third-order valence-corrected chi connectivity index (χ3v) is 5.65. The minimum absolute atomic E-state index is 0.0177. The zero-order chi connectivity index (χ0) is 27.3. The maximum Gasteiger partial charge on any atom is 0.251 e. The van der Waals surface area contributed by atoms with E-state index in [9.17, 15) is 9.59 Å². The smallest absolute Gasteiger partial charge is 0.251 e. The fraction of sp³-hybridized carbons (Fsp3) is 0.200. The molecule has 0 bridgehead atoms. The van der Waals surface area contributed by atoms with Gasteiger partial charge >= 0.3 is 0 Å². The van der Waals surface area contributed by atoms with Crippen LogP contribution < -0.4 is 20.7 Å². The van der Waals surface area contributed by atoms with E-state index < -0.39 is 0 Å². The lowest BCUT2D eigenvalue weighted by atomic mass is 9.97. The summed E-state index contributed by atoms with van der Waals surface area (Å²) >= 11 is 0. The minimum Gasteiger partial charge on any atom is -0.457 e. The third kappa shape index (κ3) is 6.73. The van der Waals surface area contributed by atoms with Gasteiger partial charge in [0.25, 0.3) is 5.91 Å². The topological polar surface area (TPSA) is 105 Å². The average Bonchev–Trinajstić information content (AvgIpc) is 2.89. The van der Waals surface area contributed by atoms with Gasteiger partial charge in [0.05, 0.1) is 5.52 Å². The van der Waals surface area contributed by atoms with Crippen LogP contribution in [0, 0.1) is 12.3 Å². The van der Waals surface area contributed by atoms with Gasteiger partial charge in [-0.3, -0.25) is 9.59 Å². The van der Waals surface area contributed by atoms with Crippen LogP contribution in [0.1, 0.15) is 36.7 Å². The normalized spacial score (nSPS) is 11.1. The molecular formula is C30H31N5O3. The van der Waals surface area contributed by atoms with Crippen LogP contribution in [0.4, 0.5) is 17.2 Å². The minimum atomic E-state index is -0.291. The van der Waals surface area contributed by atoms with E-state index in [0.717, 1.165) is 22.2 Å². The van der Waals surface area contributed by atoms with Crippen LogP contribution in [0.5, 0.6) is 11.5 Å². The number of carbonyl (C=O) groups excluding carboxylic acids is 2. The van der Waals surface area contributed by atoms with Crippen LogP contribution in [0.3, 0.4) is 0 Å². The maximum absolute atomic E-state index is 12.4. The highest BCUT2D eigenvalue weighted by molar-refractivity contribution is 6.01. The van der Waals surface area contributed by atoms with E-state index in [1.54, 1.807) is 30.3 Å². The molecule has 4 aromatic rings. The van der Waals surface area contributed by atoms with Gasteiger partial charge in [-0.2, -0.15) is 0 Å². The number of hydrogen-bond acceptors (Lipinski definition) is 6. The largest absolute Gasteiger partial charge is 0.457 e. The van der Waals surface area contributed by atoms with Crippen molar-refractivity contribution in [3.05, 3.63) is 90.8 Å². The summed E-state index contributed by atoms with van der Waals surface area (Å²) in [7, 11) is 0. The average molecular weight is 510 g/mol. The molecule has 0 fully saturated rings. The van der Waals surface area contributed by atoms with Gasteiger partial charge in [0.15, 0.2) is 0 Å². The van der Waals surface area contributed by atoms with Gasteiger partial charge in [-0.25, -0.2) is 9.97 Å². The summed E-state index contributed by atoms with van der Waals surface area (Å²) in [6, 6.07) is 18.2. The molecule has 38 heavy (non-hydrogen) atoms. The highest BCUT2D eigenvalue weighted by Gasteiger charge is 2.13. The Hall–Kier alpha value is -4.72. The molecule has 2 amide bonds. The maximum atomic E-state index is 12.4. The molecule has 0 radical (unpaired) electrons. The molecular weight excluding hydrogens is 478 g/mol. The number of aromatic nitrogens is 2. The first-order valence-corrected chi connectivity index (χ1v) is 12.2. The van der Waals surface area contributed by atoms with Crippen molar-refractivity contribution in [1.82, 2.24) is 15.3 Å². The molecule has 8 nitrogen and oxygen atoms in total. The van der Waals surface area contributed by atoms with Gasteiger partial charge in [-0.15, -0.1) is 0 Å². The molecule has 8 heteroatoms. The Labute approximate surface area is 222 Å². The number of carbonyl (C=O) groups is 2. The molecule has 1 aromatic heterocycles. The van der Waals surface area contributed by atoms with Crippen LogP contribution in [0.2, 0.25) is 0 Å². The van der Waals surface area contributed by atoms with Gasteiger partial charge in [0, 0.05) is 28.9 Å². The van der Waals surface area contributed by atoms with Crippen LogP contribution in [0.25, 0.3) is 10.9 Å². The first-order chi connectivity index (χ1) is 18.1. The number of amides is 2. The number of benzene rings is 3. The molecule has 0 unspecified atom stereocenters. The molecule has 3 N–H and O–H groups in total. The summed E-state index contributed by atoms with van der Waals surface area (Å²) in [5, 5.41) is 9.80. The molecule has 0 saturated carbocycles. The SMILES string of the molecule is C=CC(=O)Nc1ccc2ncnc(Nc3ccc(Oc4ccc(C(=O)NCC(C)(C)C)cc4)c(C)c3)c2c1. The highest BCUT2D eigenvalue weighted by atomic mass is 16.5. The Kier molecular flexibility index (Phi) is 7.71. The third-order valence-electron chi connectivity index (χ3n) is 5.65. The van der Waals surface area contributed by atoms with Gasteiger partial charge in [-0.05, 0) is 84.6 Å². The monoisotopic (exact) mass is 509 g/mol. The predicted molar refractivity (Wildman–Crippen MR) is 151 cm³/mol. The van der Waals surface area contributed by atoms with Crippen molar-refractivity contribution >= 4 is 39.9 Å². The molecule has 194 valence electrons. The Morgan fingerprint density at radius 2 is 1.71 bits per heavy atom. The lowest BCUT2D eigenvalue weighted by molar-refractivity contribution is -0.111. The van der Waals surface area contributed by atoms with Crippen molar-refractivity contribution < 1.29 is 14.3 Å². The van der Waals surface area contributed by atoms with Crippen LogP contribution in [-0.4, -0.2) is 28.3 Å². The summed E-state index contributed by atoms with van der Waals surface area (Å²) in [6.45, 7) is 12.3. The summed E-state index contributed by atoms with van der Waals surface area (Å²) in [5.41, 5.74) is 3.70. The number of rotatable bonds is 8. The van der Waals surface area contributed by atoms with E-state index in [4.69, 9.17) is 4.74 Å². The molecule has 0 aliphatic heterocycles. The first-order valence-electron chi connectivity index (χ1n) is 12.2. The second kappa shape index (κ2) is 11.1. The number of aryl methyl sites for hydroxylation is 1. The standard InChI is InChI=1S/C30H31N5O3/c1-6-27(36)34-22-9-13-25-24(16-22)28(33-18-32-25)35-21-10-14-26(19(2)15-21)38-23-11-7-20(8-12-23)29(37)31-17-30(3,4)5/h6-16,18H,1,17H2,2-5H3,(H,31,37)(H,34,36)(H,32,33,35). The molecule has 0 atom stereocenters. The van der Waals surface area contributed by atoms with Crippen molar-refractivity contribution in [2.45, 2.75) is 27.7 Å². The second-order valence-electron chi connectivity index (χ2n) is 10.1. The Morgan fingerprint density at radius 3 is 2.39 bits per heavy atom. The fourth-order valence-corrected chi connectivity index (χ4v) is 3.65. The van der Waals surface area contributed by atoms with Crippen LogP contribution >= 0.6 is 0 Å². The van der Waals surface area contributed by atoms with Gasteiger partial charge < -0.3 is 20.7 Å². The Morgan fingerprint density at radius 1 is 0.974 bits per heavy atom. The van der Waals surface area contributed by atoms with Gasteiger partial charge in [-0.1, -0.05) is 27.4 Å². The molecule has 0 aliphatic carbocycles. The number of nitrogens with zero attached hydrogens (tertiary/aromatic N) is 2. The van der Waals surface area contributed by atoms with Crippen LogP contribution in [0.15, 0.2) is 79.6 Å². The Bertz CT molecular complexity index is 1490. The quantitative estimate of drug-likeness (QED) is 0.238. The van der Waals surface area contributed by atoms with E-state index >= 15 is 0 Å². The van der Waals surface area contributed by atoms with E-state index in [-0.39, 0.29) is 17.2 Å². The number of nitrogens with one attached hydrogen (secondary N) is 3. The van der Waals surface area contributed by atoms with Crippen LogP contribution in [-0.2, 0) is 4.79 Å². The summed E-state index contributed by atoms with van der Waals surface area (Å²) < 4.78 is 6.06. The molecule has 0 saturated heterocycles. The number of ether oxygens (including phenoxy) is 1. The lowest BCUT2D eigenvalue weighted by Gasteiger charge is -2.18. The molecule has 0 spiro atoms. The lowest BCUT2D eigenvalue weighted by Crippen LogP contribution is -2.32. The van der Waals surface area contributed by atoms with Crippen molar-refractivity contribution in [1.29, 1.82) is 0 Å². The molecule has 1 heterocycles. The van der Waals surface area contributed by atoms with Crippen molar-refractivity contribution in [2.24, 2.45) is 5.41 Å². The number of fused-ring (bicyclic) bond motifs is 1. The predicted octanol–water partition coefficient (Wildman–Crippen LogP) is 6.37. The summed E-state index contributed by atoms with van der Waals surface area (Å²) in [5.74, 6) is 1.54. The molecule has 0 aliphatic rings. The van der Waals surface area contributed by atoms with E-state index in [2.05, 4.69) is 53.3 Å². The van der Waals surface area contributed by atoms with E-state index in [1.807, 2.05) is 37.3 Å². The second-order valence-corrected chi connectivity index (χ2v) is 10.1. The fourth-order valence-electron chi connectivity index (χ4n) is 3.65. The zero-order valence-corrected chi connectivity index (χ0v) is 22.0.